The SMILES string of the molecule is CCOc1ccc(C(C#N)NCCOC)cc1OCC. The van der Waals surface area contributed by atoms with Crippen LogP contribution in [-0.4, -0.2) is 33.5 Å². The van der Waals surface area contributed by atoms with E-state index < -0.39 is 0 Å². The van der Waals surface area contributed by atoms with E-state index in [-0.39, 0.29) is 6.04 Å². The van der Waals surface area contributed by atoms with Gasteiger partial charge in [0.2, 0.25) is 0 Å². The number of nitrogens with one attached hydrogen (secondary N) is 1. The van der Waals surface area contributed by atoms with Crippen LogP contribution in [0.1, 0.15) is 25.5 Å². The molecule has 1 atom stereocenters. The number of nitrogens with zero attached hydrogens (tertiary/aromatic N) is 1. The van der Waals surface area contributed by atoms with Gasteiger partial charge in [-0.1, -0.05) is 6.07 Å². The molecule has 0 aliphatic rings. The first-order chi connectivity index (χ1) is 9.76. The minimum absolute atomic E-state index is 0.389. The number of hydrogen-bond donors (Lipinski definition) is 1. The molecular weight excluding hydrogens is 256 g/mol. The smallest absolute Gasteiger partial charge is 0.161 e. The van der Waals surface area contributed by atoms with Crippen LogP contribution in [0.25, 0.3) is 0 Å². The second kappa shape index (κ2) is 9.18. The number of ether oxygens (including phenoxy) is 3. The number of benzene rings is 1. The minimum atomic E-state index is -0.389. The Bertz CT molecular complexity index is 443. The van der Waals surface area contributed by atoms with Gasteiger partial charge in [-0.2, -0.15) is 5.26 Å². The second-order valence-electron chi connectivity index (χ2n) is 4.08. The van der Waals surface area contributed by atoms with Crippen LogP contribution in [0.4, 0.5) is 0 Å². The van der Waals surface area contributed by atoms with Crippen molar-refractivity contribution in [1.29, 1.82) is 5.26 Å². The standard InChI is InChI=1S/C15H22N2O3/c1-4-19-14-7-6-12(10-15(14)20-5-2)13(11-16)17-8-9-18-3/h6-7,10,13,17H,4-5,8-9H2,1-3H3. The lowest BCUT2D eigenvalue weighted by Crippen LogP contribution is -2.24. The molecule has 1 aromatic carbocycles. The van der Waals surface area contributed by atoms with Crippen LogP contribution in [0.5, 0.6) is 11.5 Å². The molecule has 0 spiro atoms. The van der Waals surface area contributed by atoms with E-state index >= 15 is 0 Å². The maximum atomic E-state index is 9.25. The molecule has 1 rings (SSSR count). The summed E-state index contributed by atoms with van der Waals surface area (Å²) in [4.78, 5) is 0. The summed E-state index contributed by atoms with van der Waals surface area (Å²) in [5.41, 5.74) is 0.857. The highest BCUT2D eigenvalue weighted by atomic mass is 16.5. The molecule has 5 heteroatoms. The third kappa shape index (κ3) is 4.72. The van der Waals surface area contributed by atoms with Gasteiger partial charge in [0.25, 0.3) is 0 Å². The molecule has 0 saturated carbocycles. The average molecular weight is 278 g/mol. The summed E-state index contributed by atoms with van der Waals surface area (Å²) in [5, 5.41) is 12.4. The van der Waals surface area contributed by atoms with Gasteiger partial charge in [-0.05, 0) is 31.5 Å². The van der Waals surface area contributed by atoms with E-state index in [0.717, 1.165) is 5.56 Å². The molecule has 1 N–H and O–H groups in total. The van der Waals surface area contributed by atoms with Gasteiger partial charge in [0.05, 0.1) is 25.9 Å². The van der Waals surface area contributed by atoms with E-state index in [0.29, 0.717) is 37.9 Å². The molecule has 0 saturated heterocycles. The van der Waals surface area contributed by atoms with Gasteiger partial charge in [-0.3, -0.25) is 5.32 Å². The summed E-state index contributed by atoms with van der Waals surface area (Å²) >= 11 is 0. The quantitative estimate of drug-likeness (QED) is 0.702. The van der Waals surface area contributed by atoms with Crippen molar-refractivity contribution in [3.8, 4) is 17.6 Å². The Labute approximate surface area is 120 Å². The van der Waals surface area contributed by atoms with Crippen LogP contribution >= 0.6 is 0 Å². The van der Waals surface area contributed by atoms with Crippen LogP contribution in [0.2, 0.25) is 0 Å². The van der Waals surface area contributed by atoms with Crippen molar-refractivity contribution in [3.05, 3.63) is 23.8 Å². The fraction of sp³-hybridized carbons (Fsp3) is 0.533. The monoisotopic (exact) mass is 278 g/mol. The van der Waals surface area contributed by atoms with Gasteiger partial charge in [0, 0.05) is 13.7 Å². The first-order valence-electron chi connectivity index (χ1n) is 6.78. The number of rotatable bonds is 9. The zero-order chi connectivity index (χ0) is 14.8. The molecule has 0 heterocycles. The fourth-order valence-corrected chi connectivity index (χ4v) is 1.79. The lowest BCUT2D eigenvalue weighted by atomic mass is 10.1. The van der Waals surface area contributed by atoms with Gasteiger partial charge >= 0.3 is 0 Å². The summed E-state index contributed by atoms with van der Waals surface area (Å²) in [7, 11) is 1.63. The third-order valence-electron chi connectivity index (χ3n) is 2.68. The van der Waals surface area contributed by atoms with E-state index in [4.69, 9.17) is 14.2 Å². The van der Waals surface area contributed by atoms with Crippen molar-refractivity contribution in [1.82, 2.24) is 5.32 Å². The highest BCUT2D eigenvalue weighted by molar-refractivity contribution is 5.44. The van der Waals surface area contributed by atoms with Crippen LogP contribution in [0.15, 0.2) is 18.2 Å². The van der Waals surface area contributed by atoms with Gasteiger partial charge in [0.1, 0.15) is 6.04 Å². The molecule has 1 aromatic rings. The van der Waals surface area contributed by atoms with Gasteiger partial charge < -0.3 is 14.2 Å². The molecule has 0 aliphatic heterocycles. The molecule has 1 unspecified atom stereocenters. The summed E-state index contributed by atoms with van der Waals surface area (Å²) in [6.07, 6.45) is 0. The van der Waals surface area contributed by atoms with E-state index in [1.54, 1.807) is 7.11 Å². The maximum absolute atomic E-state index is 9.25. The fourth-order valence-electron chi connectivity index (χ4n) is 1.79. The normalized spacial score (nSPS) is 11.7. The summed E-state index contributed by atoms with van der Waals surface area (Å²) in [6, 6.07) is 7.41. The van der Waals surface area contributed by atoms with E-state index in [1.807, 2.05) is 32.0 Å². The van der Waals surface area contributed by atoms with Gasteiger partial charge in [0.15, 0.2) is 11.5 Å². The van der Waals surface area contributed by atoms with Crippen LogP contribution < -0.4 is 14.8 Å². The maximum Gasteiger partial charge on any atom is 0.161 e. The molecule has 0 aromatic heterocycles. The Hall–Kier alpha value is -1.77. The molecule has 0 aliphatic carbocycles. The highest BCUT2D eigenvalue weighted by Gasteiger charge is 2.13. The lowest BCUT2D eigenvalue weighted by Gasteiger charge is -2.15. The molecule has 20 heavy (non-hydrogen) atoms. The summed E-state index contributed by atoms with van der Waals surface area (Å²) in [6.45, 7) is 6.15. The van der Waals surface area contributed by atoms with E-state index in [2.05, 4.69) is 11.4 Å². The molecule has 110 valence electrons. The van der Waals surface area contributed by atoms with E-state index in [1.165, 1.54) is 0 Å². The third-order valence-corrected chi connectivity index (χ3v) is 2.68. The summed E-state index contributed by atoms with van der Waals surface area (Å²) < 4.78 is 16.0. The van der Waals surface area contributed by atoms with Crippen molar-refractivity contribution < 1.29 is 14.2 Å². The summed E-state index contributed by atoms with van der Waals surface area (Å²) in [5.74, 6) is 1.37. The topological polar surface area (TPSA) is 63.5 Å². The van der Waals surface area contributed by atoms with Crippen LogP contribution in [-0.2, 0) is 4.74 Å². The van der Waals surface area contributed by atoms with Gasteiger partial charge in [-0.15, -0.1) is 0 Å². The van der Waals surface area contributed by atoms with Crippen molar-refractivity contribution in [2.75, 3.05) is 33.5 Å². The second-order valence-corrected chi connectivity index (χ2v) is 4.08. The Kier molecular flexibility index (Phi) is 7.48. The van der Waals surface area contributed by atoms with Crippen LogP contribution in [0.3, 0.4) is 0 Å². The zero-order valence-corrected chi connectivity index (χ0v) is 12.3. The van der Waals surface area contributed by atoms with Gasteiger partial charge in [-0.25, -0.2) is 0 Å². The van der Waals surface area contributed by atoms with Crippen molar-refractivity contribution >= 4 is 0 Å². The number of nitriles is 1. The molecule has 5 nitrogen and oxygen atoms in total. The molecule has 0 amide bonds. The molecule has 0 fully saturated rings. The predicted octanol–water partition coefficient (Wildman–Crippen LogP) is 2.28. The Morgan fingerprint density at radius 1 is 1.20 bits per heavy atom. The number of methoxy groups -OCH3 is 1. The minimum Gasteiger partial charge on any atom is -0.490 e. The Morgan fingerprint density at radius 2 is 1.90 bits per heavy atom. The average Bonchev–Trinajstić information content (AvgIpc) is 2.46. The number of hydrogen-bond acceptors (Lipinski definition) is 5. The highest BCUT2D eigenvalue weighted by Crippen LogP contribution is 2.30. The van der Waals surface area contributed by atoms with Crippen molar-refractivity contribution in [3.63, 3.8) is 0 Å². The lowest BCUT2D eigenvalue weighted by molar-refractivity contribution is 0.198. The Balaban J connectivity index is 2.87. The largest absolute Gasteiger partial charge is 0.490 e. The zero-order valence-electron chi connectivity index (χ0n) is 12.3. The van der Waals surface area contributed by atoms with Crippen molar-refractivity contribution in [2.24, 2.45) is 0 Å². The molecule has 0 bridgehead atoms. The molecular formula is C15H22N2O3. The first kappa shape index (κ1) is 16.3. The first-order valence-corrected chi connectivity index (χ1v) is 6.78. The van der Waals surface area contributed by atoms with E-state index in [9.17, 15) is 5.26 Å². The van der Waals surface area contributed by atoms with Crippen LogP contribution in [0, 0.1) is 11.3 Å². The predicted molar refractivity (Wildman–Crippen MR) is 77.0 cm³/mol. The molecule has 0 radical (unpaired) electrons. The Morgan fingerprint density at radius 3 is 2.50 bits per heavy atom. The van der Waals surface area contributed by atoms with Crippen molar-refractivity contribution in [2.45, 2.75) is 19.9 Å².